The van der Waals surface area contributed by atoms with Crippen LogP contribution in [-0.4, -0.2) is 49.7 Å². The van der Waals surface area contributed by atoms with Crippen LogP contribution >= 0.6 is 23.6 Å². The normalized spacial score (nSPS) is 14.4. The van der Waals surface area contributed by atoms with Gasteiger partial charge in [0.25, 0.3) is 17.4 Å². The third-order valence-electron chi connectivity index (χ3n) is 5.77. The number of aryl methyl sites for hydroxylation is 1. The average Bonchev–Trinajstić information content (AvgIpc) is 3.51. The zero-order valence-electron chi connectivity index (χ0n) is 18.1. The van der Waals surface area contributed by atoms with Crippen LogP contribution < -0.4 is 11.0 Å². The molecule has 5 rings (SSSR count). The number of nitrogens with zero attached hydrogens (tertiary/aromatic N) is 4. The van der Waals surface area contributed by atoms with Crippen LogP contribution in [0.2, 0.25) is 0 Å². The van der Waals surface area contributed by atoms with E-state index in [4.69, 9.17) is 16.6 Å². The molecule has 0 spiro atoms. The molecule has 34 heavy (non-hydrogen) atoms. The van der Waals surface area contributed by atoms with Crippen molar-refractivity contribution in [2.24, 2.45) is 0 Å². The predicted octanol–water partition coefficient (Wildman–Crippen LogP) is 3.22. The lowest BCUT2D eigenvalue weighted by atomic mass is 9.97. The van der Waals surface area contributed by atoms with E-state index >= 15 is 0 Å². The molecular weight excluding hydrogens is 476 g/mol. The van der Waals surface area contributed by atoms with Crippen LogP contribution in [0.3, 0.4) is 0 Å². The number of carbonyl (C=O) groups excluding carboxylic acids is 2. The van der Waals surface area contributed by atoms with Gasteiger partial charge in [0.2, 0.25) is 4.77 Å². The summed E-state index contributed by atoms with van der Waals surface area (Å²) in [4.78, 5) is 44.0. The molecule has 4 aromatic rings. The summed E-state index contributed by atoms with van der Waals surface area (Å²) in [6.45, 7) is 2.66. The van der Waals surface area contributed by atoms with Crippen LogP contribution in [0, 0.1) is 11.7 Å². The highest BCUT2D eigenvalue weighted by Crippen LogP contribution is 2.31. The van der Waals surface area contributed by atoms with Gasteiger partial charge in [-0.15, -0.1) is 11.3 Å². The minimum absolute atomic E-state index is 0.0131. The molecule has 12 heteroatoms. The molecule has 1 aliphatic heterocycles. The van der Waals surface area contributed by atoms with Crippen molar-refractivity contribution in [3.63, 3.8) is 0 Å². The summed E-state index contributed by atoms with van der Waals surface area (Å²) in [7, 11) is 0. The summed E-state index contributed by atoms with van der Waals surface area (Å²) in [5.41, 5.74) is 3.04. The third-order valence-corrected chi connectivity index (χ3v) is 7.05. The number of H-pyrrole nitrogens is 1. The molecule has 0 bridgehead atoms. The Morgan fingerprint density at radius 2 is 2.03 bits per heavy atom. The zero-order chi connectivity index (χ0) is 23.8. The number of hydrogen-bond acceptors (Lipinski definition) is 8. The van der Waals surface area contributed by atoms with Gasteiger partial charge in [-0.3, -0.25) is 24.9 Å². The third kappa shape index (κ3) is 4.17. The first-order valence-corrected chi connectivity index (χ1v) is 11.9. The van der Waals surface area contributed by atoms with E-state index in [2.05, 4.69) is 20.6 Å². The SMILES string of the molecule is Cc1n[nH]c(=S)n(NC(=O)c2csc(C3CCN(C(=O)c4cc5ccccc5o4)CC3)n2)c1=O. The summed E-state index contributed by atoms with van der Waals surface area (Å²) >= 11 is 6.42. The Balaban J connectivity index is 1.23. The number of likely N-dealkylation sites (tertiary alicyclic amines) is 1. The Hall–Kier alpha value is -3.64. The Labute approximate surface area is 202 Å². The van der Waals surface area contributed by atoms with Crippen molar-refractivity contribution in [1.82, 2.24) is 24.8 Å². The monoisotopic (exact) mass is 496 g/mol. The Bertz CT molecular complexity index is 1480. The van der Waals surface area contributed by atoms with Crippen molar-refractivity contribution >= 4 is 46.3 Å². The number of para-hydroxylation sites is 1. The number of aromatic nitrogens is 4. The molecule has 0 radical (unpaired) electrons. The van der Waals surface area contributed by atoms with Crippen LogP contribution in [0.4, 0.5) is 0 Å². The summed E-state index contributed by atoms with van der Waals surface area (Å²) in [5.74, 6) is -0.177. The second-order valence-corrected chi connectivity index (χ2v) is 9.26. The minimum atomic E-state index is -0.535. The Morgan fingerprint density at radius 3 is 2.79 bits per heavy atom. The van der Waals surface area contributed by atoms with E-state index in [1.165, 1.54) is 18.3 Å². The molecule has 0 atom stereocenters. The van der Waals surface area contributed by atoms with Gasteiger partial charge < -0.3 is 9.32 Å². The van der Waals surface area contributed by atoms with Gasteiger partial charge in [0, 0.05) is 29.8 Å². The van der Waals surface area contributed by atoms with Crippen LogP contribution in [-0.2, 0) is 0 Å². The molecule has 1 aliphatic rings. The summed E-state index contributed by atoms with van der Waals surface area (Å²) < 4.78 is 6.65. The number of amides is 2. The first-order chi connectivity index (χ1) is 16.4. The van der Waals surface area contributed by atoms with Gasteiger partial charge in [-0.25, -0.2) is 4.98 Å². The molecule has 0 aliphatic carbocycles. The fraction of sp³-hybridized carbons (Fsp3) is 0.273. The Morgan fingerprint density at radius 1 is 1.26 bits per heavy atom. The highest BCUT2D eigenvalue weighted by Gasteiger charge is 2.28. The summed E-state index contributed by atoms with van der Waals surface area (Å²) in [5, 5.41) is 9.66. The molecule has 2 amide bonds. The van der Waals surface area contributed by atoms with Crippen LogP contribution in [0.1, 0.15) is 50.5 Å². The van der Waals surface area contributed by atoms with Gasteiger partial charge in [0.05, 0.1) is 5.01 Å². The van der Waals surface area contributed by atoms with E-state index in [-0.39, 0.29) is 28.0 Å². The van der Waals surface area contributed by atoms with E-state index in [0.717, 1.165) is 27.9 Å². The Kier molecular flexibility index (Phi) is 5.84. The topological polar surface area (TPSA) is 126 Å². The molecule has 0 unspecified atom stereocenters. The largest absolute Gasteiger partial charge is 0.451 e. The van der Waals surface area contributed by atoms with E-state index in [0.29, 0.717) is 24.4 Å². The molecule has 4 heterocycles. The molecule has 1 saturated heterocycles. The molecule has 1 aromatic carbocycles. The number of piperidine rings is 1. The van der Waals surface area contributed by atoms with Crippen LogP contribution in [0.5, 0.6) is 0 Å². The lowest BCUT2D eigenvalue weighted by Gasteiger charge is -2.30. The first kappa shape index (κ1) is 22.2. The lowest BCUT2D eigenvalue weighted by Crippen LogP contribution is -2.37. The fourth-order valence-electron chi connectivity index (χ4n) is 3.90. The zero-order valence-corrected chi connectivity index (χ0v) is 19.7. The predicted molar refractivity (Wildman–Crippen MR) is 128 cm³/mol. The number of carbonyl (C=O) groups is 2. The lowest BCUT2D eigenvalue weighted by molar-refractivity contribution is 0.0683. The standard InChI is InChI=1S/C22H20N6O4S2/c1-12-20(30)28(22(33)25-24-12)26-18(29)15-11-34-19(23-15)13-6-8-27(9-7-13)21(31)17-10-14-4-2-3-5-16(14)32-17/h2-5,10-11,13H,6-9H2,1H3,(H,25,33)(H,26,29). The van der Waals surface area contributed by atoms with Crippen LogP contribution in [0.15, 0.2) is 44.9 Å². The number of furan rings is 1. The number of thiazole rings is 1. The quantitative estimate of drug-likeness (QED) is 0.416. The van der Waals surface area contributed by atoms with Gasteiger partial charge in [0.15, 0.2) is 5.76 Å². The van der Waals surface area contributed by atoms with Crippen molar-refractivity contribution in [3.05, 3.63) is 73.0 Å². The maximum atomic E-state index is 12.9. The molecule has 3 aromatic heterocycles. The molecule has 174 valence electrons. The van der Waals surface area contributed by atoms with Crippen molar-refractivity contribution in [2.45, 2.75) is 25.7 Å². The van der Waals surface area contributed by atoms with Gasteiger partial charge in [0.1, 0.15) is 17.0 Å². The van der Waals surface area contributed by atoms with E-state index < -0.39 is 11.5 Å². The molecular formula is C22H20N6O4S2. The minimum Gasteiger partial charge on any atom is -0.451 e. The van der Waals surface area contributed by atoms with E-state index in [1.807, 2.05) is 24.3 Å². The molecule has 0 saturated carbocycles. The average molecular weight is 497 g/mol. The second kappa shape index (κ2) is 8.95. The highest BCUT2D eigenvalue weighted by atomic mass is 32.1. The molecule has 1 fully saturated rings. The van der Waals surface area contributed by atoms with Crippen molar-refractivity contribution in [3.8, 4) is 0 Å². The number of rotatable bonds is 4. The van der Waals surface area contributed by atoms with Gasteiger partial charge in [-0.2, -0.15) is 9.77 Å². The summed E-state index contributed by atoms with van der Waals surface area (Å²) in [6, 6.07) is 9.31. The number of benzene rings is 1. The fourth-order valence-corrected chi connectivity index (χ4v) is 5.04. The number of fused-ring (bicyclic) bond motifs is 1. The smallest absolute Gasteiger partial charge is 0.295 e. The number of nitrogens with one attached hydrogen (secondary N) is 2. The van der Waals surface area contributed by atoms with Gasteiger partial charge in [-0.1, -0.05) is 18.2 Å². The van der Waals surface area contributed by atoms with Gasteiger partial charge in [-0.05, 0) is 44.1 Å². The highest BCUT2D eigenvalue weighted by molar-refractivity contribution is 7.71. The first-order valence-electron chi connectivity index (χ1n) is 10.6. The van der Waals surface area contributed by atoms with Crippen molar-refractivity contribution in [1.29, 1.82) is 0 Å². The van der Waals surface area contributed by atoms with E-state index in [1.54, 1.807) is 16.3 Å². The maximum absolute atomic E-state index is 12.9. The number of hydrogen-bond donors (Lipinski definition) is 2. The molecule has 2 N–H and O–H groups in total. The van der Waals surface area contributed by atoms with Crippen molar-refractivity contribution in [2.75, 3.05) is 18.5 Å². The number of aromatic amines is 1. The van der Waals surface area contributed by atoms with Crippen molar-refractivity contribution < 1.29 is 14.0 Å². The molecule has 10 nitrogen and oxygen atoms in total. The van der Waals surface area contributed by atoms with E-state index in [9.17, 15) is 14.4 Å². The maximum Gasteiger partial charge on any atom is 0.295 e. The van der Waals surface area contributed by atoms with Crippen LogP contribution in [0.25, 0.3) is 11.0 Å². The summed E-state index contributed by atoms with van der Waals surface area (Å²) in [6.07, 6.45) is 1.46. The second-order valence-electron chi connectivity index (χ2n) is 7.98. The van der Waals surface area contributed by atoms with Gasteiger partial charge >= 0.3 is 0 Å².